The van der Waals surface area contributed by atoms with Crippen LogP contribution in [0.15, 0.2) is 63.7 Å². The summed E-state index contributed by atoms with van der Waals surface area (Å²) in [4.78, 5) is 0.366. The molecule has 0 aliphatic rings. The Kier molecular flexibility index (Phi) is 5.44. The molecule has 1 atom stereocenters. The van der Waals surface area contributed by atoms with E-state index in [1.807, 2.05) is 0 Å². The second kappa shape index (κ2) is 7.74. The highest BCUT2D eigenvalue weighted by molar-refractivity contribution is 7.79. The predicted molar refractivity (Wildman–Crippen MR) is 96.2 cm³/mol. The number of nitrogens with zero attached hydrogens (tertiary/aromatic N) is 3. The zero-order valence-corrected chi connectivity index (χ0v) is 14.9. The lowest BCUT2D eigenvalue weighted by Gasteiger charge is -1.96. The maximum Gasteiger partial charge on any atom is 0.235 e. The lowest BCUT2D eigenvalue weighted by molar-refractivity contribution is -0.673. The van der Waals surface area contributed by atoms with E-state index in [0.717, 1.165) is 13.0 Å². The molecule has 0 saturated carbocycles. The molecule has 0 radical (unpaired) electrons. The largest absolute Gasteiger partial charge is 0.302 e. The fourth-order valence-corrected chi connectivity index (χ4v) is 3.91. The molecular formula is C17H18N3O2S2+. The van der Waals surface area contributed by atoms with Crippen LogP contribution in [0.1, 0.15) is 11.4 Å². The quantitative estimate of drug-likeness (QED) is 0.309. The van der Waals surface area contributed by atoms with Crippen molar-refractivity contribution in [3.63, 3.8) is 0 Å². The van der Waals surface area contributed by atoms with Gasteiger partial charge in [0.15, 0.2) is 17.6 Å². The first-order valence-electron chi connectivity index (χ1n) is 7.61. The van der Waals surface area contributed by atoms with Crippen molar-refractivity contribution in [3.05, 3.63) is 53.5 Å². The average molecular weight is 360 g/mol. The molecule has 5 nitrogen and oxygen atoms in total. The fourth-order valence-electron chi connectivity index (χ4n) is 2.49. The van der Waals surface area contributed by atoms with Crippen LogP contribution in [-0.2, 0) is 17.6 Å². The Labute approximate surface area is 147 Å². The first-order valence-corrected chi connectivity index (χ1v) is 9.54. The number of hydrogen-bond acceptors (Lipinski definition) is 4. The van der Waals surface area contributed by atoms with Gasteiger partial charge in [-0.25, -0.2) is 4.21 Å². The number of aromatic nitrogens is 1. The lowest BCUT2D eigenvalue weighted by atomic mass is 10.3. The molecule has 0 fully saturated rings. The minimum Gasteiger partial charge on any atom is -0.302 e. The monoisotopic (exact) mass is 360 g/mol. The summed E-state index contributed by atoms with van der Waals surface area (Å²) in [5, 5.41) is 9.64. The van der Waals surface area contributed by atoms with Crippen LogP contribution in [0, 0.1) is 6.92 Å². The molecule has 0 amide bonds. The van der Waals surface area contributed by atoms with E-state index < -0.39 is 11.1 Å². The van der Waals surface area contributed by atoms with Gasteiger partial charge in [0, 0.05) is 19.4 Å². The first-order chi connectivity index (χ1) is 11.6. The molecule has 24 heavy (non-hydrogen) atoms. The van der Waals surface area contributed by atoms with Gasteiger partial charge in [0.25, 0.3) is 0 Å². The van der Waals surface area contributed by atoms with Gasteiger partial charge in [-0.2, -0.15) is 14.8 Å². The predicted octanol–water partition coefficient (Wildman–Crippen LogP) is 4.25. The molecule has 124 valence electrons. The van der Waals surface area contributed by atoms with Crippen molar-refractivity contribution in [2.24, 2.45) is 10.2 Å². The molecule has 1 heterocycles. The number of para-hydroxylation sites is 1. The maximum absolute atomic E-state index is 10.9. The smallest absolute Gasteiger partial charge is 0.235 e. The minimum atomic E-state index is -1.95. The molecule has 0 aliphatic heterocycles. The van der Waals surface area contributed by atoms with Gasteiger partial charge in [-0.1, -0.05) is 23.5 Å². The van der Waals surface area contributed by atoms with Crippen molar-refractivity contribution in [1.82, 2.24) is 0 Å². The number of aryl methyl sites for hydroxylation is 2. The van der Waals surface area contributed by atoms with Crippen molar-refractivity contribution in [1.29, 1.82) is 0 Å². The van der Waals surface area contributed by atoms with Gasteiger partial charge in [0.1, 0.15) is 4.70 Å². The van der Waals surface area contributed by atoms with E-state index in [1.54, 1.807) is 35.6 Å². The molecule has 1 aromatic heterocycles. The van der Waals surface area contributed by atoms with E-state index in [9.17, 15) is 4.21 Å². The third-order valence-corrected chi connectivity index (χ3v) is 5.41. The molecule has 3 rings (SSSR count). The normalized spacial score (nSPS) is 12.9. The lowest BCUT2D eigenvalue weighted by Crippen LogP contribution is -2.35. The molecule has 7 heteroatoms. The highest BCUT2D eigenvalue weighted by atomic mass is 32.2. The molecule has 3 aromatic rings. The number of hydrogen-bond donors (Lipinski definition) is 1. The summed E-state index contributed by atoms with van der Waals surface area (Å²) >= 11 is -0.145. The highest BCUT2D eigenvalue weighted by Crippen LogP contribution is 2.19. The van der Waals surface area contributed by atoms with E-state index in [4.69, 9.17) is 4.55 Å². The van der Waals surface area contributed by atoms with Crippen molar-refractivity contribution in [2.75, 3.05) is 6.54 Å². The van der Waals surface area contributed by atoms with Crippen LogP contribution in [0.4, 0.5) is 5.69 Å². The minimum absolute atomic E-state index is 0.366. The molecule has 1 unspecified atom stereocenters. The Balaban J connectivity index is 1.56. The van der Waals surface area contributed by atoms with Crippen LogP contribution in [0.5, 0.6) is 0 Å². The molecule has 1 N–H and O–H groups in total. The Bertz CT molecular complexity index is 888. The van der Waals surface area contributed by atoms with Gasteiger partial charge in [-0.3, -0.25) is 0 Å². The zero-order valence-electron chi connectivity index (χ0n) is 13.3. The summed E-state index contributed by atoms with van der Waals surface area (Å²) in [6.07, 6.45) is 0.911. The third-order valence-electron chi connectivity index (χ3n) is 3.66. The summed E-state index contributed by atoms with van der Waals surface area (Å²) in [6, 6.07) is 15.0. The van der Waals surface area contributed by atoms with E-state index >= 15 is 0 Å². The Morgan fingerprint density at radius 2 is 1.92 bits per heavy atom. The zero-order chi connectivity index (χ0) is 16.9. The molecule has 0 aliphatic carbocycles. The number of benzene rings is 2. The summed E-state index contributed by atoms with van der Waals surface area (Å²) in [6.45, 7) is 3.69. The summed E-state index contributed by atoms with van der Waals surface area (Å²) in [7, 11) is 0. The van der Waals surface area contributed by atoms with E-state index in [2.05, 4.69) is 46.0 Å². The Morgan fingerprint density at radius 1 is 1.17 bits per heavy atom. The van der Waals surface area contributed by atoms with Crippen LogP contribution in [0.25, 0.3) is 10.2 Å². The molecular weight excluding hydrogens is 342 g/mol. The van der Waals surface area contributed by atoms with E-state index in [-0.39, 0.29) is 0 Å². The maximum atomic E-state index is 10.9. The van der Waals surface area contributed by atoms with Crippen LogP contribution in [0.3, 0.4) is 0 Å². The second-order valence-corrected chi connectivity index (χ2v) is 7.51. The van der Waals surface area contributed by atoms with Crippen LogP contribution >= 0.6 is 11.3 Å². The van der Waals surface area contributed by atoms with Gasteiger partial charge < -0.3 is 4.55 Å². The van der Waals surface area contributed by atoms with Crippen molar-refractivity contribution >= 4 is 38.3 Å². The summed E-state index contributed by atoms with van der Waals surface area (Å²) in [5.74, 6) is 0. The van der Waals surface area contributed by atoms with Crippen molar-refractivity contribution in [2.45, 2.75) is 24.8 Å². The third kappa shape index (κ3) is 3.92. The van der Waals surface area contributed by atoms with E-state index in [0.29, 0.717) is 17.1 Å². The summed E-state index contributed by atoms with van der Waals surface area (Å²) < 4.78 is 23.5. The Morgan fingerprint density at radius 3 is 2.67 bits per heavy atom. The van der Waals surface area contributed by atoms with Gasteiger partial charge >= 0.3 is 0 Å². The van der Waals surface area contributed by atoms with Gasteiger partial charge in [-0.05, 0) is 30.3 Å². The van der Waals surface area contributed by atoms with Crippen LogP contribution in [-0.4, -0.2) is 15.3 Å². The van der Waals surface area contributed by atoms with Crippen LogP contribution < -0.4 is 4.57 Å². The Hall–Kier alpha value is -1.96. The first kappa shape index (κ1) is 16.9. The molecule has 2 aromatic carbocycles. The van der Waals surface area contributed by atoms with Gasteiger partial charge in [0.2, 0.25) is 10.5 Å². The number of rotatable bonds is 6. The second-order valence-electron chi connectivity index (χ2n) is 5.30. The standard InChI is InChI=1S/C17H17N3O2S2/c1-13-20(16-5-2-3-6-17(16)23-13)12-4-11-18-19-14-7-9-15(10-8-14)24(21)22/h2-3,5-10H,4,11-12H2,1H3/p+1. The van der Waals surface area contributed by atoms with Gasteiger partial charge in [0.05, 0.1) is 17.1 Å². The number of thiazole rings is 1. The molecule has 0 saturated heterocycles. The molecule has 0 bridgehead atoms. The highest BCUT2D eigenvalue weighted by Gasteiger charge is 2.15. The molecule has 0 spiro atoms. The van der Waals surface area contributed by atoms with Gasteiger partial charge in [-0.15, -0.1) is 0 Å². The number of azo groups is 1. The average Bonchev–Trinajstić information content (AvgIpc) is 2.90. The fraction of sp³-hybridized carbons (Fsp3) is 0.235. The SMILES string of the molecule is Cc1sc2ccccc2[n+]1CCCN=Nc1ccc(S(=O)O)cc1. The summed E-state index contributed by atoms with van der Waals surface area (Å²) in [5.41, 5.74) is 1.96. The van der Waals surface area contributed by atoms with Crippen molar-refractivity contribution in [3.8, 4) is 0 Å². The van der Waals surface area contributed by atoms with Crippen LogP contribution in [0.2, 0.25) is 0 Å². The number of fused-ring (bicyclic) bond motifs is 1. The van der Waals surface area contributed by atoms with E-state index in [1.165, 1.54) is 15.2 Å². The van der Waals surface area contributed by atoms with Crippen molar-refractivity contribution < 1.29 is 13.3 Å². The topological polar surface area (TPSA) is 65.9 Å².